The van der Waals surface area contributed by atoms with Crippen LogP contribution in [0.5, 0.6) is 5.75 Å². The first-order chi connectivity index (χ1) is 17.2. The molecule has 1 fully saturated rings. The Kier molecular flexibility index (Phi) is 7.77. The van der Waals surface area contributed by atoms with Crippen LogP contribution in [0.1, 0.15) is 28.3 Å². The molecule has 0 aliphatic carbocycles. The van der Waals surface area contributed by atoms with Gasteiger partial charge in [0.1, 0.15) is 12.4 Å². The van der Waals surface area contributed by atoms with Crippen molar-refractivity contribution in [1.82, 2.24) is 4.90 Å². The number of halogens is 1. The van der Waals surface area contributed by atoms with E-state index in [1.807, 2.05) is 39.2 Å². The number of ketones is 1. The van der Waals surface area contributed by atoms with E-state index in [1.54, 1.807) is 48.5 Å². The van der Waals surface area contributed by atoms with Gasteiger partial charge in [0.05, 0.1) is 33.2 Å². The Morgan fingerprint density at radius 2 is 1.72 bits per heavy atom. The van der Waals surface area contributed by atoms with Crippen LogP contribution >= 0.6 is 11.6 Å². The number of quaternary nitrogens is 1. The van der Waals surface area contributed by atoms with E-state index in [0.29, 0.717) is 41.6 Å². The van der Waals surface area contributed by atoms with Gasteiger partial charge in [0.25, 0.3) is 5.91 Å². The van der Waals surface area contributed by atoms with E-state index in [0.717, 1.165) is 16.0 Å². The molecule has 3 aromatic carbocycles. The number of hydrogen-bond acceptors (Lipinski definition) is 4. The van der Waals surface area contributed by atoms with E-state index in [4.69, 9.17) is 16.3 Å². The number of rotatable bonds is 8. The highest BCUT2D eigenvalue weighted by Gasteiger charge is 2.44. The van der Waals surface area contributed by atoms with Crippen molar-refractivity contribution >= 4 is 29.1 Å². The summed E-state index contributed by atoms with van der Waals surface area (Å²) < 4.78 is 5.86. The molecule has 1 unspecified atom stereocenters. The van der Waals surface area contributed by atoms with Crippen molar-refractivity contribution in [2.45, 2.75) is 19.6 Å². The molecule has 0 radical (unpaired) electrons. The van der Waals surface area contributed by atoms with Crippen LogP contribution in [0.2, 0.25) is 5.02 Å². The van der Waals surface area contributed by atoms with Crippen LogP contribution < -0.4 is 14.7 Å². The molecular weight excluding hydrogens is 476 g/mol. The first-order valence-electron chi connectivity index (χ1n) is 11.8. The molecule has 4 rings (SSSR count). The Bertz CT molecular complexity index is 1280. The number of likely N-dealkylation sites (N-methyl/N-ethyl adjacent to an activating group) is 1. The van der Waals surface area contributed by atoms with Crippen LogP contribution in [0.3, 0.4) is 0 Å². The van der Waals surface area contributed by atoms with Crippen molar-refractivity contribution in [2.75, 3.05) is 27.2 Å². The smallest absolute Gasteiger partial charge is 0.295 e. The zero-order valence-electron chi connectivity index (χ0n) is 20.6. The van der Waals surface area contributed by atoms with Gasteiger partial charge < -0.3 is 19.6 Å². The number of nitrogens with zero attached hydrogens (tertiary/aromatic N) is 1. The topological polar surface area (TPSA) is 74.1 Å². The molecule has 7 heteroatoms. The number of hydrogen-bond donors (Lipinski definition) is 1. The number of likely N-dealkylation sites (tertiary alicyclic amines) is 1. The van der Waals surface area contributed by atoms with Crippen molar-refractivity contribution in [2.24, 2.45) is 0 Å². The SMILES string of the molecule is Cc1cccc(COc2ccc(C([O-])=C3C(=O)C(=O)N(CC[NH+](C)C)C3c3ccc(Cl)cc3)cc2)c1. The molecule has 1 aliphatic heterocycles. The fraction of sp³-hybridized carbons (Fsp3) is 0.241. The summed E-state index contributed by atoms with van der Waals surface area (Å²) in [5.41, 5.74) is 3.17. The molecule has 1 saturated heterocycles. The van der Waals surface area contributed by atoms with Gasteiger partial charge in [-0.25, -0.2) is 0 Å². The van der Waals surface area contributed by atoms with Gasteiger partial charge in [0.15, 0.2) is 0 Å². The highest BCUT2D eigenvalue weighted by Crippen LogP contribution is 2.38. The molecule has 1 aliphatic rings. The van der Waals surface area contributed by atoms with Crippen LogP contribution in [0, 0.1) is 6.92 Å². The molecule has 186 valence electrons. The van der Waals surface area contributed by atoms with Crippen molar-refractivity contribution in [3.05, 3.63) is 106 Å². The number of ether oxygens (including phenoxy) is 1. The average Bonchev–Trinajstić information content (AvgIpc) is 3.11. The van der Waals surface area contributed by atoms with Crippen molar-refractivity contribution in [1.29, 1.82) is 0 Å². The number of carbonyl (C=O) groups is 2. The minimum atomic E-state index is -0.758. The fourth-order valence-corrected chi connectivity index (χ4v) is 4.39. The minimum Gasteiger partial charge on any atom is -0.872 e. The number of Topliss-reactive ketones (excluding diaryl/α,β-unsaturated/α-hetero) is 1. The number of aryl methyl sites for hydroxylation is 1. The van der Waals surface area contributed by atoms with Crippen molar-refractivity contribution in [3.63, 3.8) is 0 Å². The average molecular weight is 505 g/mol. The van der Waals surface area contributed by atoms with Crippen molar-refractivity contribution in [3.8, 4) is 5.75 Å². The largest absolute Gasteiger partial charge is 0.872 e. The second kappa shape index (κ2) is 11.0. The summed E-state index contributed by atoms with van der Waals surface area (Å²) in [6, 6.07) is 20.9. The molecule has 6 nitrogen and oxygen atoms in total. The van der Waals surface area contributed by atoms with Crippen LogP contribution in [-0.4, -0.2) is 43.8 Å². The first-order valence-corrected chi connectivity index (χ1v) is 12.2. The van der Waals surface area contributed by atoms with Gasteiger partial charge in [-0.15, -0.1) is 0 Å². The molecule has 0 saturated carbocycles. The molecule has 1 atom stereocenters. The summed E-state index contributed by atoms with van der Waals surface area (Å²) in [5, 5.41) is 14.1. The second-order valence-electron chi connectivity index (χ2n) is 9.28. The number of benzene rings is 3. The normalized spacial score (nSPS) is 17.1. The Hall–Kier alpha value is -3.61. The van der Waals surface area contributed by atoms with Crippen LogP contribution in [0.15, 0.2) is 78.4 Å². The maximum absolute atomic E-state index is 13.6. The third kappa shape index (κ3) is 5.61. The Labute approximate surface area is 216 Å². The monoisotopic (exact) mass is 504 g/mol. The highest BCUT2D eigenvalue weighted by molar-refractivity contribution is 6.46. The van der Waals surface area contributed by atoms with E-state index in [1.165, 1.54) is 4.90 Å². The van der Waals surface area contributed by atoms with Crippen molar-refractivity contribution < 1.29 is 24.3 Å². The number of nitrogens with one attached hydrogen (secondary N) is 1. The predicted molar refractivity (Wildman–Crippen MR) is 137 cm³/mol. The molecule has 0 bridgehead atoms. The summed E-state index contributed by atoms with van der Waals surface area (Å²) in [6.07, 6.45) is 0. The summed E-state index contributed by atoms with van der Waals surface area (Å²) in [7, 11) is 3.94. The van der Waals surface area contributed by atoms with Crippen LogP contribution in [0.25, 0.3) is 5.76 Å². The number of amides is 1. The number of carbonyl (C=O) groups excluding carboxylic acids is 2. The van der Waals surface area contributed by atoms with Gasteiger partial charge in [-0.3, -0.25) is 9.59 Å². The maximum Gasteiger partial charge on any atom is 0.295 e. The Balaban J connectivity index is 1.64. The van der Waals surface area contributed by atoms with E-state index < -0.39 is 23.5 Å². The lowest BCUT2D eigenvalue weighted by Gasteiger charge is -2.27. The zero-order valence-corrected chi connectivity index (χ0v) is 21.3. The molecule has 36 heavy (non-hydrogen) atoms. The maximum atomic E-state index is 13.6. The zero-order chi connectivity index (χ0) is 25.8. The molecule has 3 aromatic rings. The standard InChI is InChI=1S/C29H29ClN2O4/c1-19-5-4-6-20(17-19)18-36-24-13-9-22(10-14-24)27(33)25-26(21-7-11-23(30)12-8-21)32(16-15-31(2)3)29(35)28(25)34/h4-14,17,26,33H,15-16,18H2,1-3H3. The van der Waals surface area contributed by atoms with Crippen LogP contribution in [-0.2, 0) is 16.2 Å². The molecule has 0 spiro atoms. The van der Waals surface area contributed by atoms with Crippen LogP contribution in [0.4, 0.5) is 0 Å². The Morgan fingerprint density at radius 1 is 1.03 bits per heavy atom. The summed E-state index contributed by atoms with van der Waals surface area (Å²) >= 11 is 6.06. The molecule has 1 N–H and O–H groups in total. The quantitative estimate of drug-likeness (QED) is 0.291. The van der Waals surface area contributed by atoms with Gasteiger partial charge in [-0.2, -0.15) is 0 Å². The Morgan fingerprint density at radius 3 is 2.36 bits per heavy atom. The predicted octanol–water partition coefficient (Wildman–Crippen LogP) is 2.60. The van der Waals surface area contributed by atoms with Gasteiger partial charge in [-0.05, 0) is 47.9 Å². The molecule has 1 heterocycles. The fourth-order valence-electron chi connectivity index (χ4n) is 4.26. The summed E-state index contributed by atoms with van der Waals surface area (Å²) in [4.78, 5) is 28.7. The lowest BCUT2D eigenvalue weighted by molar-refractivity contribution is -0.857. The lowest BCUT2D eigenvalue weighted by atomic mass is 9.95. The van der Waals surface area contributed by atoms with Gasteiger partial charge in [0, 0.05) is 10.6 Å². The van der Waals surface area contributed by atoms with E-state index >= 15 is 0 Å². The van der Waals surface area contributed by atoms with E-state index in [9.17, 15) is 14.7 Å². The minimum absolute atomic E-state index is 0.0375. The van der Waals surface area contributed by atoms with E-state index in [-0.39, 0.29) is 5.57 Å². The second-order valence-corrected chi connectivity index (χ2v) is 9.72. The van der Waals surface area contributed by atoms with E-state index in [2.05, 4.69) is 6.07 Å². The van der Waals surface area contributed by atoms with Gasteiger partial charge >= 0.3 is 0 Å². The molecule has 1 amide bonds. The third-order valence-electron chi connectivity index (χ3n) is 6.17. The summed E-state index contributed by atoms with van der Waals surface area (Å²) in [6.45, 7) is 3.41. The highest BCUT2D eigenvalue weighted by atomic mass is 35.5. The van der Waals surface area contributed by atoms with Gasteiger partial charge in [0.2, 0.25) is 5.78 Å². The summed E-state index contributed by atoms with van der Waals surface area (Å²) in [5.74, 6) is -1.26. The lowest BCUT2D eigenvalue weighted by Crippen LogP contribution is -3.06. The van der Waals surface area contributed by atoms with Gasteiger partial charge in [-0.1, -0.05) is 71.5 Å². The third-order valence-corrected chi connectivity index (χ3v) is 6.42. The molecule has 0 aromatic heterocycles. The first kappa shape index (κ1) is 25.5. The molecular formula is C29H29ClN2O4.